The first-order chi connectivity index (χ1) is 8.66. The zero-order valence-electron chi connectivity index (χ0n) is 10.5. The summed E-state index contributed by atoms with van der Waals surface area (Å²) in [6.07, 6.45) is 8.12. The van der Waals surface area contributed by atoms with Crippen LogP contribution in [0.2, 0.25) is 10.0 Å². The number of halogens is 2. The fourth-order valence-electron chi connectivity index (χ4n) is 2.81. The molecular weight excluding hydrogens is 267 g/mol. The van der Waals surface area contributed by atoms with Crippen molar-refractivity contribution in [3.63, 3.8) is 0 Å². The van der Waals surface area contributed by atoms with E-state index >= 15 is 0 Å². The zero-order chi connectivity index (χ0) is 13.0. The van der Waals surface area contributed by atoms with Crippen LogP contribution >= 0.6 is 23.2 Å². The van der Waals surface area contributed by atoms with Crippen LogP contribution in [0, 0.1) is 5.92 Å². The molecule has 1 nitrogen and oxygen atoms in total. The molecule has 1 saturated carbocycles. The zero-order valence-corrected chi connectivity index (χ0v) is 12.1. The van der Waals surface area contributed by atoms with Gasteiger partial charge < -0.3 is 5.11 Å². The van der Waals surface area contributed by atoms with Crippen molar-refractivity contribution in [1.82, 2.24) is 0 Å². The number of hydrogen-bond donors (Lipinski definition) is 1. The largest absolute Gasteiger partial charge is 0.388 e. The van der Waals surface area contributed by atoms with Crippen LogP contribution in [0.3, 0.4) is 0 Å². The summed E-state index contributed by atoms with van der Waals surface area (Å²) in [6, 6.07) is 5.33. The van der Waals surface area contributed by atoms with Gasteiger partial charge in [0, 0.05) is 10.0 Å². The Morgan fingerprint density at radius 1 is 1.11 bits per heavy atom. The lowest BCUT2D eigenvalue weighted by molar-refractivity contribution is 0.139. The molecule has 1 aromatic rings. The summed E-state index contributed by atoms with van der Waals surface area (Å²) in [4.78, 5) is 0. The Morgan fingerprint density at radius 2 is 1.78 bits per heavy atom. The van der Waals surface area contributed by atoms with Gasteiger partial charge in [-0.15, -0.1) is 0 Å². The smallest absolute Gasteiger partial charge is 0.0807 e. The lowest BCUT2D eigenvalue weighted by atomic mass is 9.91. The average molecular weight is 287 g/mol. The predicted molar refractivity (Wildman–Crippen MR) is 77.2 cm³/mol. The van der Waals surface area contributed by atoms with Gasteiger partial charge in [0.25, 0.3) is 0 Å². The highest BCUT2D eigenvalue weighted by Crippen LogP contribution is 2.34. The van der Waals surface area contributed by atoms with E-state index in [9.17, 15) is 5.11 Å². The highest BCUT2D eigenvalue weighted by Gasteiger charge is 2.19. The first-order valence-electron chi connectivity index (χ1n) is 6.80. The third-order valence-corrected chi connectivity index (χ3v) is 4.42. The number of aliphatic hydroxyl groups is 1. The maximum absolute atomic E-state index is 10.3. The van der Waals surface area contributed by atoms with Crippen molar-refractivity contribution in [3.05, 3.63) is 33.8 Å². The van der Waals surface area contributed by atoms with Crippen molar-refractivity contribution in [2.45, 2.75) is 51.0 Å². The Kier molecular flexibility index (Phi) is 5.35. The number of aliphatic hydroxyl groups excluding tert-OH is 1. The SMILES string of the molecule is OC(CC1CCCCCC1)c1ccc(Cl)cc1Cl. The first-order valence-corrected chi connectivity index (χ1v) is 7.55. The molecule has 1 aliphatic rings. The average Bonchev–Trinajstić information content (AvgIpc) is 2.57. The summed E-state index contributed by atoms with van der Waals surface area (Å²) in [6.45, 7) is 0. The molecule has 1 aromatic carbocycles. The Hall–Kier alpha value is -0.240. The molecule has 0 bridgehead atoms. The van der Waals surface area contributed by atoms with Gasteiger partial charge in [-0.25, -0.2) is 0 Å². The summed E-state index contributed by atoms with van der Waals surface area (Å²) in [5.41, 5.74) is 0.810. The van der Waals surface area contributed by atoms with Crippen LogP contribution in [0.5, 0.6) is 0 Å². The van der Waals surface area contributed by atoms with Crippen molar-refractivity contribution in [2.75, 3.05) is 0 Å². The van der Waals surface area contributed by atoms with Gasteiger partial charge in [-0.2, -0.15) is 0 Å². The van der Waals surface area contributed by atoms with E-state index in [0.717, 1.165) is 12.0 Å². The lowest BCUT2D eigenvalue weighted by Crippen LogP contribution is -2.07. The Bertz CT molecular complexity index is 384. The number of hydrogen-bond acceptors (Lipinski definition) is 1. The van der Waals surface area contributed by atoms with Gasteiger partial charge in [-0.3, -0.25) is 0 Å². The van der Waals surface area contributed by atoms with Crippen molar-refractivity contribution in [2.24, 2.45) is 5.92 Å². The lowest BCUT2D eigenvalue weighted by Gasteiger charge is -2.19. The van der Waals surface area contributed by atoms with E-state index in [1.54, 1.807) is 12.1 Å². The van der Waals surface area contributed by atoms with E-state index in [-0.39, 0.29) is 0 Å². The number of rotatable bonds is 3. The molecule has 0 spiro atoms. The van der Waals surface area contributed by atoms with Gasteiger partial charge in [0.1, 0.15) is 0 Å². The molecule has 0 radical (unpaired) electrons. The molecule has 1 fully saturated rings. The standard InChI is InChI=1S/C15H20Cl2O/c16-12-7-8-13(14(17)10-12)15(18)9-11-5-3-1-2-4-6-11/h7-8,10-11,15,18H,1-6,9H2. The topological polar surface area (TPSA) is 20.2 Å². The Morgan fingerprint density at radius 3 is 2.39 bits per heavy atom. The minimum atomic E-state index is -0.460. The summed E-state index contributed by atoms with van der Waals surface area (Å²) < 4.78 is 0. The van der Waals surface area contributed by atoms with Crippen molar-refractivity contribution < 1.29 is 5.11 Å². The molecule has 1 atom stereocenters. The van der Waals surface area contributed by atoms with Crippen molar-refractivity contribution >= 4 is 23.2 Å². The second-order valence-electron chi connectivity index (χ2n) is 5.27. The molecule has 0 heterocycles. The van der Waals surface area contributed by atoms with Gasteiger partial charge in [-0.05, 0) is 30.0 Å². The fraction of sp³-hybridized carbons (Fsp3) is 0.600. The highest BCUT2D eigenvalue weighted by atomic mass is 35.5. The predicted octanol–water partition coefficient (Wildman–Crippen LogP) is 5.39. The van der Waals surface area contributed by atoms with E-state index < -0.39 is 6.10 Å². The van der Waals surface area contributed by atoms with Crippen molar-refractivity contribution in [3.8, 4) is 0 Å². The molecule has 0 aromatic heterocycles. The normalized spacial score (nSPS) is 19.5. The van der Waals surface area contributed by atoms with E-state index in [0.29, 0.717) is 16.0 Å². The molecule has 1 N–H and O–H groups in total. The van der Waals surface area contributed by atoms with Crippen molar-refractivity contribution in [1.29, 1.82) is 0 Å². The van der Waals surface area contributed by atoms with Crippen LogP contribution in [-0.4, -0.2) is 5.11 Å². The molecule has 0 saturated heterocycles. The minimum absolute atomic E-state index is 0.460. The second kappa shape index (κ2) is 6.79. The molecular formula is C15H20Cl2O. The van der Waals surface area contributed by atoms with E-state index in [4.69, 9.17) is 23.2 Å². The quantitative estimate of drug-likeness (QED) is 0.739. The van der Waals surface area contributed by atoms with Gasteiger partial charge in [0.05, 0.1) is 6.10 Å². The molecule has 0 amide bonds. The van der Waals surface area contributed by atoms with Gasteiger partial charge in [0.15, 0.2) is 0 Å². The van der Waals surface area contributed by atoms with Crippen LogP contribution in [0.1, 0.15) is 56.6 Å². The summed E-state index contributed by atoms with van der Waals surface area (Å²) in [5, 5.41) is 11.5. The van der Waals surface area contributed by atoms with Crippen LogP contribution in [0.4, 0.5) is 0 Å². The minimum Gasteiger partial charge on any atom is -0.388 e. The van der Waals surface area contributed by atoms with E-state index in [1.165, 1.54) is 38.5 Å². The third kappa shape index (κ3) is 3.88. The van der Waals surface area contributed by atoms with E-state index in [1.807, 2.05) is 6.07 Å². The van der Waals surface area contributed by atoms with Crippen LogP contribution in [0.15, 0.2) is 18.2 Å². The molecule has 3 heteroatoms. The fourth-order valence-corrected chi connectivity index (χ4v) is 3.35. The Balaban J connectivity index is 1.99. The molecule has 100 valence electrons. The van der Waals surface area contributed by atoms with Gasteiger partial charge in [-0.1, -0.05) is 67.8 Å². The van der Waals surface area contributed by atoms with Gasteiger partial charge >= 0.3 is 0 Å². The highest BCUT2D eigenvalue weighted by molar-refractivity contribution is 6.35. The maximum Gasteiger partial charge on any atom is 0.0807 e. The molecule has 1 unspecified atom stereocenters. The van der Waals surface area contributed by atoms with E-state index in [2.05, 4.69) is 0 Å². The maximum atomic E-state index is 10.3. The second-order valence-corrected chi connectivity index (χ2v) is 6.12. The van der Waals surface area contributed by atoms with Crippen LogP contribution in [-0.2, 0) is 0 Å². The molecule has 1 aliphatic carbocycles. The Labute approximate surface area is 119 Å². The third-order valence-electron chi connectivity index (χ3n) is 3.85. The molecule has 2 rings (SSSR count). The summed E-state index contributed by atoms with van der Waals surface area (Å²) in [5.74, 6) is 0.634. The van der Waals surface area contributed by atoms with Crippen LogP contribution in [0.25, 0.3) is 0 Å². The number of benzene rings is 1. The summed E-state index contributed by atoms with van der Waals surface area (Å²) >= 11 is 12.0. The summed E-state index contributed by atoms with van der Waals surface area (Å²) in [7, 11) is 0. The molecule has 18 heavy (non-hydrogen) atoms. The molecule has 0 aliphatic heterocycles. The van der Waals surface area contributed by atoms with Gasteiger partial charge in [0.2, 0.25) is 0 Å². The first kappa shape index (κ1) is 14.2. The monoisotopic (exact) mass is 286 g/mol. The van der Waals surface area contributed by atoms with Crippen LogP contribution < -0.4 is 0 Å².